The third-order valence-electron chi connectivity index (χ3n) is 2.59. The molecule has 13 heavy (non-hydrogen) atoms. The molecule has 0 fully saturated rings. The molecule has 0 radical (unpaired) electrons. The zero-order chi connectivity index (χ0) is 10.1. The lowest BCUT2D eigenvalue weighted by Crippen LogP contribution is -2.40. The molecule has 72 valence electrons. The molecule has 1 heterocycles. The number of hydrogen-bond donors (Lipinski definition) is 1. The van der Waals surface area contributed by atoms with Gasteiger partial charge in [-0.05, 0) is 19.8 Å². The van der Waals surface area contributed by atoms with Crippen LogP contribution >= 0.6 is 0 Å². The predicted octanol–water partition coefficient (Wildman–Crippen LogP) is 1.61. The maximum atomic E-state index is 6.18. The number of hydrogen-bond acceptors (Lipinski definition) is 3. The number of nitrogens with zero attached hydrogens (tertiary/aromatic N) is 2. The van der Waals surface area contributed by atoms with Crippen LogP contribution in [0.25, 0.3) is 0 Å². The van der Waals surface area contributed by atoms with Gasteiger partial charge < -0.3 is 5.73 Å². The first-order chi connectivity index (χ1) is 5.96. The predicted molar refractivity (Wildman–Crippen MR) is 53.1 cm³/mol. The van der Waals surface area contributed by atoms with Gasteiger partial charge in [-0.1, -0.05) is 13.8 Å². The maximum Gasteiger partial charge on any atom is 0.0814 e. The van der Waals surface area contributed by atoms with Crippen LogP contribution in [0.1, 0.15) is 32.2 Å². The lowest BCUT2D eigenvalue weighted by Gasteiger charge is -2.29. The monoisotopic (exact) mass is 179 g/mol. The molecule has 1 atom stereocenters. The average Bonchev–Trinajstić information content (AvgIpc) is 2.04. The minimum Gasteiger partial charge on any atom is -0.320 e. The van der Waals surface area contributed by atoms with Gasteiger partial charge in [0, 0.05) is 12.4 Å². The summed E-state index contributed by atoms with van der Waals surface area (Å²) in [5.41, 5.74) is 7.60. The van der Waals surface area contributed by atoms with Gasteiger partial charge in [-0.25, -0.2) is 0 Å². The van der Waals surface area contributed by atoms with Crippen molar-refractivity contribution < 1.29 is 0 Å². The summed E-state index contributed by atoms with van der Waals surface area (Å²) in [5.74, 6) is 0.350. The third kappa shape index (κ3) is 1.86. The van der Waals surface area contributed by atoms with E-state index in [1.807, 2.05) is 13.8 Å². The highest BCUT2D eigenvalue weighted by Gasteiger charge is 2.28. The van der Waals surface area contributed by atoms with Crippen molar-refractivity contribution in [2.45, 2.75) is 33.2 Å². The molecule has 0 bridgehead atoms. The van der Waals surface area contributed by atoms with Crippen LogP contribution < -0.4 is 5.73 Å². The van der Waals surface area contributed by atoms with Crippen molar-refractivity contribution in [2.75, 3.05) is 0 Å². The van der Waals surface area contributed by atoms with Crippen molar-refractivity contribution in [2.24, 2.45) is 11.7 Å². The summed E-state index contributed by atoms with van der Waals surface area (Å²) in [7, 11) is 0. The lowest BCUT2D eigenvalue weighted by atomic mass is 9.85. The van der Waals surface area contributed by atoms with Crippen molar-refractivity contribution in [1.82, 2.24) is 9.97 Å². The standard InChI is InChI=1S/C10H17N3/c1-7(2)10(4,11)9-8(3)12-5-6-13-9/h5-7H,11H2,1-4H3/t10-/m0/s1. The third-order valence-corrected chi connectivity index (χ3v) is 2.59. The van der Waals surface area contributed by atoms with Crippen LogP contribution in [-0.4, -0.2) is 9.97 Å². The van der Waals surface area contributed by atoms with E-state index in [4.69, 9.17) is 5.73 Å². The van der Waals surface area contributed by atoms with E-state index >= 15 is 0 Å². The molecule has 0 amide bonds. The molecule has 1 aromatic rings. The molecule has 1 rings (SSSR count). The van der Waals surface area contributed by atoms with E-state index in [-0.39, 0.29) is 0 Å². The lowest BCUT2D eigenvalue weighted by molar-refractivity contribution is 0.338. The maximum absolute atomic E-state index is 6.18. The molecule has 0 saturated heterocycles. The molecule has 0 aromatic carbocycles. The topological polar surface area (TPSA) is 51.8 Å². The molecule has 0 spiro atoms. The Morgan fingerprint density at radius 1 is 1.31 bits per heavy atom. The molecular formula is C10H17N3. The van der Waals surface area contributed by atoms with Gasteiger partial charge in [0.05, 0.1) is 16.9 Å². The van der Waals surface area contributed by atoms with E-state index in [0.717, 1.165) is 11.4 Å². The Bertz CT molecular complexity index is 292. The summed E-state index contributed by atoms with van der Waals surface area (Å²) in [6.07, 6.45) is 3.38. The zero-order valence-electron chi connectivity index (χ0n) is 8.70. The Morgan fingerprint density at radius 2 is 1.85 bits per heavy atom. The summed E-state index contributed by atoms with van der Waals surface area (Å²) >= 11 is 0. The zero-order valence-corrected chi connectivity index (χ0v) is 8.70. The fourth-order valence-electron chi connectivity index (χ4n) is 1.21. The van der Waals surface area contributed by atoms with Gasteiger partial charge >= 0.3 is 0 Å². The van der Waals surface area contributed by atoms with Crippen LogP contribution in [0.5, 0.6) is 0 Å². The molecule has 0 aliphatic heterocycles. The first kappa shape index (κ1) is 10.1. The Balaban J connectivity index is 3.14. The van der Waals surface area contributed by atoms with Gasteiger partial charge in [0.25, 0.3) is 0 Å². The Kier molecular flexibility index (Phi) is 2.66. The molecule has 1 aromatic heterocycles. The summed E-state index contributed by atoms with van der Waals surface area (Å²) in [5, 5.41) is 0. The molecule has 0 aliphatic rings. The molecule has 0 aliphatic carbocycles. The Labute approximate surface area is 79.4 Å². The van der Waals surface area contributed by atoms with Gasteiger partial charge in [0.1, 0.15) is 0 Å². The highest BCUT2D eigenvalue weighted by molar-refractivity contribution is 5.18. The van der Waals surface area contributed by atoms with Crippen molar-refractivity contribution in [3.8, 4) is 0 Å². The second-order valence-corrected chi connectivity index (χ2v) is 3.93. The molecule has 0 unspecified atom stereocenters. The first-order valence-corrected chi connectivity index (χ1v) is 4.53. The smallest absolute Gasteiger partial charge is 0.0814 e. The minimum absolute atomic E-state index is 0.350. The number of nitrogens with two attached hydrogens (primary N) is 1. The van der Waals surface area contributed by atoms with Crippen LogP contribution in [-0.2, 0) is 5.54 Å². The largest absolute Gasteiger partial charge is 0.320 e. The highest BCUT2D eigenvalue weighted by atomic mass is 14.9. The second kappa shape index (κ2) is 3.42. The summed E-state index contributed by atoms with van der Waals surface area (Å²) in [6, 6.07) is 0. The van der Waals surface area contributed by atoms with Crippen LogP contribution in [0, 0.1) is 12.8 Å². The molecule has 0 saturated carbocycles. The molecule has 3 heteroatoms. The van der Waals surface area contributed by atoms with E-state index in [0.29, 0.717) is 5.92 Å². The Hall–Kier alpha value is -0.960. The minimum atomic E-state index is -0.391. The summed E-state index contributed by atoms with van der Waals surface area (Å²) in [6.45, 7) is 8.12. The SMILES string of the molecule is Cc1nccnc1[C@@](C)(N)C(C)C. The van der Waals surface area contributed by atoms with Crippen LogP contribution in [0.15, 0.2) is 12.4 Å². The average molecular weight is 179 g/mol. The fourth-order valence-corrected chi connectivity index (χ4v) is 1.21. The van der Waals surface area contributed by atoms with Gasteiger partial charge in [-0.2, -0.15) is 0 Å². The normalized spacial score (nSPS) is 15.8. The number of aryl methyl sites for hydroxylation is 1. The molecule has 3 nitrogen and oxygen atoms in total. The van der Waals surface area contributed by atoms with Crippen LogP contribution in [0.3, 0.4) is 0 Å². The van der Waals surface area contributed by atoms with Gasteiger partial charge in [-0.15, -0.1) is 0 Å². The first-order valence-electron chi connectivity index (χ1n) is 4.53. The van der Waals surface area contributed by atoms with Crippen molar-refractivity contribution in [3.63, 3.8) is 0 Å². The molecule has 2 N–H and O–H groups in total. The number of aromatic nitrogens is 2. The van der Waals surface area contributed by atoms with Crippen LogP contribution in [0.2, 0.25) is 0 Å². The Morgan fingerprint density at radius 3 is 2.31 bits per heavy atom. The van der Waals surface area contributed by atoms with E-state index in [1.54, 1.807) is 12.4 Å². The van der Waals surface area contributed by atoms with Crippen molar-refractivity contribution >= 4 is 0 Å². The quantitative estimate of drug-likeness (QED) is 0.750. The van der Waals surface area contributed by atoms with E-state index in [2.05, 4.69) is 23.8 Å². The van der Waals surface area contributed by atoms with Gasteiger partial charge in [-0.3, -0.25) is 9.97 Å². The van der Waals surface area contributed by atoms with E-state index < -0.39 is 5.54 Å². The number of rotatable bonds is 2. The fraction of sp³-hybridized carbons (Fsp3) is 0.600. The van der Waals surface area contributed by atoms with Crippen LogP contribution in [0.4, 0.5) is 0 Å². The summed E-state index contributed by atoms with van der Waals surface area (Å²) in [4.78, 5) is 8.47. The van der Waals surface area contributed by atoms with E-state index in [1.165, 1.54) is 0 Å². The van der Waals surface area contributed by atoms with Crippen molar-refractivity contribution in [1.29, 1.82) is 0 Å². The van der Waals surface area contributed by atoms with E-state index in [9.17, 15) is 0 Å². The van der Waals surface area contributed by atoms with Gasteiger partial charge in [0.15, 0.2) is 0 Å². The summed E-state index contributed by atoms with van der Waals surface area (Å²) < 4.78 is 0. The van der Waals surface area contributed by atoms with Crippen molar-refractivity contribution in [3.05, 3.63) is 23.8 Å². The molecular weight excluding hydrogens is 162 g/mol. The highest BCUT2D eigenvalue weighted by Crippen LogP contribution is 2.25. The second-order valence-electron chi connectivity index (χ2n) is 3.93. The van der Waals surface area contributed by atoms with Gasteiger partial charge in [0.2, 0.25) is 0 Å².